The zero-order chi connectivity index (χ0) is 18.8. The van der Waals surface area contributed by atoms with Crippen molar-refractivity contribution in [1.29, 1.82) is 0 Å². The monoisotopic (exact) mass is 357 g/mol. The maximum absolute atomic E-state index is 13.0. The summed E-state index contributed by atoms with van der Waals surface area (Å²) in [7, 11) is 0. The van der Waals surface area contributed by atoms with Crippen molar-refractivity contribution in [3.63, 3.8) is 0 Å². The molecule has 0 radical (unpaired) electrons. The van der Waals surface area contributed by atoms with Crippen LogP contribution in [0.5, 0.6) is 0 Å². The molecule has 27 heavy (non-hydrogen) atoms. The molecule has 3 aromatic carbocycles. The normalized spacial score (nSPS) is 11.0. The number of likely N-dealkylation sites (N-methyl/N-ethyl adjacent to an activating group) is 1. The Labute approximate surface area is 156 Å². The molecule has 4 aromatic rings. The van der Waals surface area contributed by atoms with E-state index in [1.54, 1.807) is 17.2 Å². The van der Waals surface area contributed by atoms with Gasteiger partial charge in [-0.2, -0.15) is 5.10 Å². The first kappa shape index (κ1) is 17.0. The number of hydrogen-bond donors (Lipinski definition) is 0. The molecule has 0 unspecified atom stereocenters. The molecule has 1 amide bonds. The van der Waals surface area contributed by atoms with Crippen LogP contribution in [0.15, 0.2) is 77.7 Å². The first-order valence-corrected chi connectivity index (χ1v) is 8.92. The summed E-state index contributed by atoms with van der Waals surface area (Å²) >= 11 is 0. The minimum absolute atomic E-state index is 0.0965. The lowest BCUT2D eigenvalue weighted by atomic mass is 10.1. The number of carbonyl (C=O) groups is 1. The smallest absolute Gasteiger partial charge is 0.275 e. The summed E-state index contributed by atoms with van der Waals surface area (Å²) in [5, 5.41) is 7.59. The Morgan fingerprint density at radius 3 is 2.37 bits per heavy atom. The summed E-state index contributed by atoms with van der Waals surface area (Å²) in [6.45, 7) is 2.34. The molecule has 0 N–H and O–H groups in total. The van der Waals surface area contributed by atoms with Crippen molar-refractivity contribution in [2.45, 2.75) is 13.5 Å². The van der Waals surface area contributed by atoms with E-state index in [0.29, 0.717) is 11.9 Å². The first-order chi connectivity index (χ1) is 13.2. The van der Waals surface area contributed by atoms with Crippen LogP contribution in [0.3, 0.4) is 0 Å². The second-order valence-electron chi connectivity index (χ2n) is 6.33. The molecule has 0 fully saturated rings. The lowest BCUT2D eigenvalue weighted by molar-refractivity contribution is -0.119. The summed E-state index contributed by atoms with van der Waals surface area (Å²) in [6.07, 6.45) is 1.62. The number of carbonyl (C=O) groups excluding carboxylic acids is 1. The van der Waals surface area contributed by atoms with Crippen molar-refractivity contribution < 1.29 is 4.79 Å². The highest BCUT2D eigenvalue weighted by atomic mass is 16.2. The number of rotatable bonds is 4. The van der Waals surface area contributed by atoms with Crippen LogP contribution in [-0.2, 0) is 11.3 Å². The molecule has 0 saturated heterocycles. The molecule has 0 bridgehead atoms. The molecule has 0 aliphatic carbocycles. The van der Waals surface area contributed by atoms with E-state index in [9.17, 15) is 9.59 Å². The van der Waals surface area contributed by atoms with Gasteiger partial charge in [0.1, 0.15) is 6.54 Å². The first-order valence-electron chi connectivity index (χ1n) is 8.92. The van der Waals surface area contributed by atoms with Crippen LogP contribution in [0.25, 0.3) is 21.5 Å². The summed E-state index contributed by atoms with van der Waals surface area (Å²) in [5.41, 5.74) is 0.588. The van der Waals surface area contributed by atoms with Crippen LogP contribution in [0.4, 0.5) is 5.69 Å². The number of amides is 1. The molecule has 5 heteroatoms. The maximum atomic E-state index is 13.0. The van der Waals surface area contributed by atoms with E-state index in [0.717, 1.165) is 21.8 Å². The largest absolute Gasteiger partial charge is 0.310 e. The molecule has 0 saturated carbocycles. The Hall–Kier alpha value is -3.47. The molecular weight excluding hydrogens is 338 g/mol. The van der Waals surface area contributed by atoms with Gasteiger partial charge in [-0.1, -0.05) is 54.6 Å². The zero-order valence-corrected chi connectivity index (χ0v) is 15.0. The van der Waals surface area contributed by atoms with Gasteiger partial charge in [-0.25, -0.2) is 4.68 Å². The lowest BCUT2D eigenvalue weighted by Crippen LogP contribution is -2.37. The molecule has 1 heterocycles. The van der Waals surface area contributed by atoms with Gasteiger partial charge in [0.2, 0.25) is 5.91 Å². The molecule has 0 atom stereocenters. The lowest BCUT2D eigenvalue weighted by Gasteiger charge is -2.23. The van der Waals surface area contributed by atoms with Gasteiger partial charge in [-0.15, -0.1) is 0 Å². The van der Waals surface area contributed by atoms with Crippen molar-refractivity contribution in [2.24, 2.45) is 0 Å². The molecule has 0 spiro atoms. The summed E-state index contributed by atoms with van der Waals surface area (Å²) in [5.74, 6) is -0.168. The second-order valence-corrected chi connectivity index (χ2v) is 6.33. The molecular formula is C22H19N3O2. The highest BCUT2D eigenvalue weighted by Crippen LogP contribution is 2.26. The SMILES string of the molecule is CCN(C(=O)Cn1ncc2ccccc2c1=O)c1cccc2ccccc12. The van der Waals surface area contributed by atoms with Crippen molar-refractivity contribution in [2.75, 3.05) is 11.4 Å². The fraction of sp³-hybridized carbons (Fsp3) is 0.136. The van der Waals surface area contributed by atoms with E-state index in [1.807, 2.05) is 67.6 Å². The van der Waals surface area contributed by atoms with Crippen LogP contribution in [-0.4, -0.2) is 22.2 Å². The van der Waals surface area contributed by atoms with Gasteiger partial charge in [0.25, 0.3) is 5.56 Å². The number of hydrogen-bond acceptors (Lipinski definition) is 3. The summed E-state index contributed by atoms with van der Waals surface area (Å²) < 4.78 is 1.23. The van der Waals surface area contributed by atoms with Crippen LogP contribution in [0, 0.1) is 0 Å². The highest BCUT2D eigenvalue weighted by molar-refractivity contribution is 6.03. The third-order valence-electron chi connectivity index (χ3n) is 4.72. The van der Waals surface area contributed by atoms with E-state index >= 15 is 0 Å². The second kappa shape index (κ2) is 7.03. The van der Waals surface area contributed by atoms with Gasteiger partial charge in [-0.3, -0.25) is 9.59 Å². The predicted octanol–water partition coefficient (Wildman–Crippen LogP) is 3.60. The Morgan fingerprint density at radius 1 is 0.926 bits per heavy atom. The zero-order valence-electron chi connectivity index (χ0n) is 15.0. The van der Waals surface area contributed by atoms with Crippen LogP contribution in [0.2, 0.25) is 0 Å². The van der Waals surface area contributed by atoms with Crippen LogP contribution >= 0.6 is 0 Å². The van der Waals surface area contributed by atoms with Crippen LogP contribution in [0.1, 0.15) is 6.92 Å². The average Bonchev–Trinajstić information content (AvgIpc) is 2.71. The van der Waals surface area contributed by atoms with Gasteiger partial charge < -0.3 is 4.90 Å². The van der Waals surface area contributed by atoms with Gasteiger partial charge in [0.05, 0.1) is 17.3 Å². The third-order valence-corrected chi connectivity index (χ3v) is 4.72. The van der Waals surface area contributed by atoms with E-state index in [2.05, 4.69) is 5.10 Å². The number of fused-ring (bicyclic) bond motifs is 2. The molecule has 0 aliphatic heterocycles. The van der Waals surface area contributed by atoms with Crippen molar-refractivity contribution in [3.05, 3.63) is 83.3 Å². The Bertz CT molecular complexity index is 1190. The topological polar surface area (TPSA) is 55.2 Å². The van der Waals surface area contributed by atoms with Gasteiger partial charge >= 0.3 is 0 Å². The van der Waals surface area contributed by atoms with E-state index in [-0.39, 0.29) is 18.0 Å². The molecule has 1 aromatic heterocycles. The molecule has 0 aliphatic rings. The molecule has 5 nitrogen and oxygen atoms in total. The Kier molecular flexibility index (Phi) is 4.42. The predicted molar refractivity (Wildman–Crippen MR) is 108 cm³/mol. The summed E-state index contributed by atoms with van der Waals surface area (Å²) in [6, 6.07) is 21.1. The maximum Gasteiger partial charge on any atom is 0.275 e. The van der Waals surface area contributed by atoms with Gasteiger partial charge in [0, 0.05) is 17.3 Å². The van der Waals surface area contributed by atoms with E-state index in [1.165, 1.54) is 4.68 Å². The number of nitrogens with zero attached hydrogens (tertiary/aromatic N) is 3. The Morgan fingerprint density at radius 2 is 1.59 bits per heavy atom. The number of aromatic nitrogens is 2. The van der Waals surface area contributed by atoms with E-state index < -0.39 is 0 Å². The average molecular weight is 357 g/mol. The fourth-order valence-electron chi connectivity index (χ4n) is 3.38. The standard InChI is InChI=1S/C22H19N3O2/c1-2-24(20-13-7-10-16-8-3-5-11-18(16)20)21(26)15-25-22(27)19-12-6-4-9-17(19)14-23-25/h3-14H,2,15H2,1H3. The highest BCUT2D eigenvalue weighted by Gasteiger charge is 2.18. The Balaban J connectivity index is 1.71. The summed E-state index contributed by atoms with van der Waals surface area (Å²) in [4.78, 5) is 27.4. The third kappa shape index (κ3) is 3.08. The van der Waals surface area contributed by atoms with Gasteiger partial charge in [-0.05, 0) is 24.4 Å². The van der Waals surface area contributed by atoms with E-state index in [4.69, 9.17) is 0 Å². The van der Waals surface area contributed by atoms with Gasteiger partial charge in [0.15, 0.2) is 0 Å². The van der Waals surface area contributed by atoms with Crippen molar-refractivity contribution in [3.8, 4) is 0 Å². The molecule has 134 valence electrons. The molecule has 4 rings (SSSR count). The fourth-order valence-corrected chi connectivity index (χ4v) is 3.38. The number of benzene rings is 3. The van der Waals surface area contributed by atoms with Crippen molar-refractivity contribution >= 4 is 33.1 Å². The van der Waals surface area contributed by atoms with Crippen LogP contribution < -0.4 is 10.5 Å². The quantitative estimate of drug-likeness (QED) is 0.561. The minimum atomic E-state index is -0.254. The minimum Gasteiger partial charge on any atom is -0.310 e. The van der Waals surface area contributed by atoms with Crippen molar-refractivity contribution in [1.82, 2.24) is 9.78 Å². The number of anilines is 1.